The Morgan fingerprint density at radius 3 is 2.88 bits per heavy atom. The van der Waals surface area contributed by atoms with Gasteiger partial charge < -0.3 is 20.3 Å². The molecule has 0 unspecified atom stereocenters. The molecule has 1 aliphatic heterocycles. The van der Waals surface area contributed by atoms with Crippen LogP contribution in [0.5, 0.6) is 5.75 Å². The molecule has 1 atom stereocenters. The number of hydrogen-bond acceptors (Lipinski definition) is 5. The smallest absolute Gasteiger partial charge is 0.341 e. The highest BCUT2D eigenvalue weighted by Gasteiger charge is 2.31. The van der Waals surface area contributed by atoms with E-state index in [0.29, 0.717) is 36.3 Å². The molecule has 1 heterocycles. The summed E-state index contributed by atoms with van der Waals surface area (Å²) < 4.78 is 10.6. The molecular weight excluding hydrogens is 310 g/mol. The summed E-state index contributed by atoms with van der Waals surface area (Å²) in [5.74, 6) is -0.762. The lowest BCUT2D eigenvalue weighted by molar-refractivity contribution is -0.141. The van der Waals surface area contributed by atoms with Gasteiger partial charge in [0.05, 0.1) is 24.3 Å². The monoisotopic (exact) mass is 331 g/mol. The molecule has 0 saturated heterocycles. The molecule has 0 radical (unpaired) electrons. The van der Waals surface area contributed by atoms with Gasteiger partial charge in [-0.2, -0.15) is 0 Å². The third kappa shape index (κ3) is 2.62. The Labute approximate surface area is 140 Å². The topological polar surface area (TPSA) is 98.9 Å². The Hall–Kier alpha value is -2.50. The zero-order valence-electron chi connectivity index (χ0n) is 13.8. The lowest BCUT2D eigenvalue weighted by Crippen LogP contribution is -2.09. The zero-order valence-corrected chi connectivity index (χ0v) is 13.8. The van der Waals surface area contributed by atoms with Crippen LogP contribution in [0.15, 0.2) is 11.6 Å². The van der Waals surface area contributed by atoms with Crippen LogP contribution >= 0.6 is 0 Å². The van der Waals surface area contributed by atoms with Crippen LogP contribution in [0.4, 0.5) is 5.69 Å². The Morgan fingerprint density at radius 2 is 2.25 bits per heavy atom. The summed E-state index contributed by atoms with van der Waals surface area (Å²) in [7, 11) is 1.58. The lowest BCUT2D eigenvalue weighted by Gasteiger charge is -2.16. The molecule has 0 amide bonds. The van der Waals surface area contributed by atoms with Crippen LogP contribution in [0.1, 0.15) is 46.3 Å². The second kappa shape index (κ2) is 6.19. The Bertz CT molecular complexity index is 751. The van der Waals surface area contributed by atoms with Crippen LogP contribution in [0.2, 0.25) is 0 Å². The van der Waals surface area contributed by atoms with Gasteiger partial charge in [0.25, 0.3) is 0 Å². The third-order valence-electron chi connectivity index (χ3n) is 4.99. The van der Waals surface area contributed by atoms with Crippen molar-refractivity contribution in [1.29, 1.82) is 0 Å². The first-order valence-corrected chi connectivity index (χ1v) is 7.99. The molecule has 2 aliphatic rings. The molecule has 1 fully saturated rings. The predicted molar refractivity (Wildman–Crippen MR) is 88.0 cm³/mol. The number of ether oxygens (including phenoxy) is 2. The largest absolute Gasteiger partial charge is 0.496 e. The fourth-order valence-electron chi connectivity index (χ4n) is 3.61. The summed E-state index contributed by atoms with van der Waals surface area (Å²) in [5, 5.41) is 9.10. The van der Waals surface area contributed by atoms with Gasteiger partial charge in [0.2, 0.25) is 0 Å². The van der Waals surface area contributed by atoms with Crippen LogP contribution < -0.4 is 10.5 Å². The highest BCUT2D eigenvalue weighted by molar-refractivity contribution is 6.00. The minimum absolute atomic E-state index is 0.224. The first-order chi connectivity index (χ1) is 11.4. The summed E-state index contributed by atoms with van der Waals surface area (Å²) in [4.78, 5) is 23.0. The highest BCUT2D eigenvalue weighted by atomic mass is 16.5. The van der Waals surface area contributed by atoms with Crippen molar-refractivity contribution in [3.8, 4) is 5.75 Å². The van der Waals surface area contributed by atoms with Crippen molar-refractivity contribution in [3.05, 3.63) is 33.9 Å². The van der Waals surface area contributed by atoms with Gasteiger partial charge in [-0.25, -0.2) is 4.79 Å². The summed E-state index contributed by atoms with van der Waals surface area (Å²) in [5.41, 5.74) is 10.6. The fraction of sp³-hybridized carbons (Fsp3) is 0.444. The van der Waals surface area contributed by atoms with Crippen molar-refractivity contribution in [3.63, 3.8) is 0 Å². The van der Waals surface area contributed by atoms with Crippen LogP contribution in [0, 0.1) is 12.8 Å². The summed E-state index contributed by atoms with van der Waals surface area (Å²) in [6, 6.07) is 0. The first kappa shape index (κ1) is 16.4. The van der Waals surface area contributed by atoms with Gasteiger partial charge in [-0.15, -0.1) is 0 Å². The van der Waals surface area contributed by atoms with E-state index in [2.05, 4.69) is 0 Å². The molecule has 0 bridgehead atoms. The van der Waals surface area contributed by atoms with E-state index in [0.717, 1.165) is 28.7 Å². The van der Waals surface area contributed by atoms with E-state index < -0.39 is 11.9 Å². The van der Waals surface area contributed by atoms with Gasteiger partial charge in [-0.05, 0) is 38.2 Å². The molecule has 1 aliphatic carbocycles. The van der Waals surface area contributed by atoms with Gasteiger partial charge in [0.1, 0.15) is 12.4 Å². The number of carboxylic acid groups (broad SMARTS) is 1. The van der Waals surface area contributed by atoms with Gasteiger partial charge >= 0.3 is 11.9 Å². The van der Waals surface area contributed by atoms with Crippen molar-refractivity contribution in [2.24, 2.45) is 5.92 Å². The molecule has 6 heteroatoms. The van der Waals surface area contributed by atoms with Crippen LogP contribution in [0.3, 0.4) is 0 Å². The number of rotatable bonds is 4. The molecule has 0 spiro atoms. The number of anilines is 1. The van der Waals surface area contributed by atoms with Crippen LogP contribution in [-0.2, 0) is 22.6 Å². The Morgan fingerprint density at radius 1 is 1.50 bits per heavy atom. The number of nitrogens with two attached hydrogens (primary N) is 1. The van der Waals surface area contributed by atoms with E-state index in [1.165, 1.54) is 0 Å². The minimum Gasteiger partial charge on any atom is -0.496 e. The van der Waals surface area contributed by atoms with Gasteiger partial charge in [-0.1, -0.05) is 11.6 Å². The molecule has 128 valence electrons. The number of nitrogen functional groups attached to an aromatic ring is 1. The number of fused-ring (bicyclic) bond motifs is 1. The average Bonchev–Trinajstić information content (AvgIpc) is 3.16. The van der Waals surface area contributed by atoms with E-state index in [1.54, 1.807) is 7.11 Å². The van der Waals surface area contributed by atoms with E-state index in [4.69, 9.17) is 20.3 Å². The first-order valence-electron chi connectivity index (χ1n) is 7.99. The molecule has 1 aromatic rings. The fourth-order valence-corrected chi connectivity index (χ4v) is 3.61. The third-order valence-corrected chi connectivity index (χ3v) is 4.99. The van der Waals surface area contributed by atoms with Crippen molar-refractivity contribution in [2.45, 2.75) is 39.2 Å². The van der Waals surface area contributed by atoms with E-state index in [-0.39, 0.29) is 12.5 Å². The second-order valence-electron chi connectivity index (χ2n) is 6.32. The van der Waals surface area contributed by atoms with Crippen molar-refractivity contribution >= 4 is 17.6 Å². The number of carboxylic acids is 1. The molecule has 1 aromatic carbocycles. The van der Waals surface area contributed by atoms with Gasteiger partial charge in [0.15, 0.2) is 0 Å². The van der Waals surface area contributed by atoms with Gasteiger partial charge in [0, 0.05) is 11.1 Å². The van der Waals surface area contributed by atoms with Crippen LogP contribution in [-0.4, -0.2) is 24.2 Å². The lowest BCUT2D eigenvalue weighted by atomic mass is 9.94. The maximum atomic E-state index is 11.9. The number of carbonyl (C=O) groups is 2. The zero-order chi connectivity index (χ0) is 17.4. The molecule has 0 aromatic heterocycles. The SMILES string of the molecule is COc1c(C)c2c(c(N)c1CC=C1CC[C@@H](C(=O)O)C1)C(=O)OC2. The Kier molecular flexibility index (Phi) is 4.22. The minimum atomic E-state index is -0.744. The molecule has 3 rings (SSSR count). The molecule has 24 heavy (non-hydrogen) atoms. The number of benzene rings is 1. The average molecular weight is 331 g/mol. The molecule has 1 saturated carbocycles. The van der Waals surface area contributed by atoms with Crippen molar-refractivity contribution in [1.82, 2.24) is 0 Å². The summed E-state index contributed by atoms with van der Waals surface area (Å²) in [6.45, 7) is 2.12. The molecule has 6 nitrogen and oxygen atoms in total. The highest BCUT2D eigenvalue weighted by Crippen LogP contribution is 2.40. The molecular formula is C18H21NO5. The number of methoxy groups -OCH3 is 1. The summed E-state index contributed by atoms with van der Waals surface area (Å²) >= 11 is 0. The number of carbonyl (C=O) groups excluding carboxylic acids is 1. The van der Waals surface area contributed by atoms with E-state index >= 15 is 0 Å². The predicted octanol–water partition coefficient (Wildman–Crippen LogP) is 2.61. The normalized spacial score (nSPS) is 21.0. The maximum absolute atomic E-state index is 11.9. The number of cyclic esters (lactones) is 1. The second-order valence-corrected chi connectivity index (χ2v) is 6.32. The summed E-state index contributed by atoms with van der Waals surface area (Å²) in [6.07, 6.45) is 4.55. The van der Waals surface area contributed by atoms with Crippen molar-refractivity contribution in [2.75, 3.05) is 12.8 Å². The maximum Gasteiger partial charge on any atom is 0.341 e. The van der Waals surface area contributed by atoms with E-state index in [9.17, 15) is 9.59 Å². The molecule has 3 N–H and O–H groups in total. The quantitative estimate of drug-likeness (QED) is 0.500. The number of aliphatic carboxylic acids is 1. The number of esters is 1. The standard InChI is InChI=1S/C18H21NO5/c1-9-13-8-24-18(22)14(13)15(19)12(16(9)23-2)6-4-10-3-5-11(7-10)17(20)21/h4,11H,3,5-8,19H2,1-2H3,(H,20,21)/t11-/m1/s1. The number of hydrogen-bond donors (Lipinski definition) is 2. The number of allylic oxidation sites excluding steroid dienone is 2. The Balaban J connectivity index is 1.94. The van der Waals surface area contributed by atoms with Crippen LogP contribution in [0.25, 0.3) is 0 Å². The van der Waals surface area contributed by atoms with Gasteiger partial charge in [-0.3, -0.25) is 4.79 Å². The van der Waals surface area contributed by atoms with E-state index in [1.807, 2.05) is 13.0 Å². The van der Waals surface area contributed by atoms with Crippen molar-refractivity contribution < 1.29 is 24.2 Å².